The quantitative estimate of drug-likeness (QED) is 0.851. The van der Waals surface area contributed by atoms with Crippen molar-refractivity contribution in [3.63, 3.8) is 0 Å². The second-order valence-electron chi connectivity index (χ2n) is 5.89. The maximum atomic E-state index is 12.8. The van der Waals surface area contributed by atoms with E-state index in [1.54, 1.807) is 0 Å². The first-order chi connectivity index (χ1) is 11.2. The molecule has 1 aromatic carbocycles. The summed E-state index contributed by atoms with van der Waals surface area (Å²) >= 11 is 0. The number of benzene rings is 1. The van der Waals surface area contributed by atoms with Crippen LogP contribution in [0.4, 0.5) is 17.6 Å². The van der Waals surface area contributed by atoms with Gasteiger partial charge in [0.15, 0.2) is 0 Å². The predicted octanol–water partition coefficient (Wildman–Crippen LogP) is 2.41. The van der Waals surface area contributed by atoms with E-state index in [-0.39, 0.29) is 19.4 Å². The van der Waals surface area contributed by atoms with Crippen molar-refractivity contribution < 1.29 is 27.2 Å². The van der Waals surface area contributed by atoms with Gasteiger partial charge >= 0.3 is 6.18 Å². The second-order valence-corrected chi connectivity index (χ2v) is 5.89. The molecule has 1 saturated heterocycles. The van der Waals surface area contributed by atoms with Crippen molar-refractivity contribution in [2.75, 3.05) is 6.54 Å². The normalized spacial score (nSPS) is 21.6. The highest BCUT2D eigenvalue weighted by Gasteiger charge is 2.46. The molecule has 1 aliphatic heterocycles. The number of primary amides is 1. The average molecular weight is 346 g/mol. The van der Waals surface area contributed by atoms with Crippen LogP contribution in [0.2, 0.25) is 0 Å². The highest BCUT2D eigenvalue weighted by atomic mass is 19.4. The molecule has 24 heavy (non-hydrogen) atoms. The molecule has 1 fully saturated rings. The van der Waals surface area contributed by atoms with E-state index in [2.05, 4.69) is 0 Å². The lowest BCUT2D eigenvalue weighted by Crippen LogP contribution is -2.54. The molecule has 1 heterocycles. The number of nitrogens with zero attached hydrogens (tertiary/aromatic N) is 1. The van der Waals surface area contributed by atoms with Crippen molar-refractivity contribution in [3.8, 4) is 0 Å². The number of amides is 2. The number of carbonyl (C=O) groups excluding carboxylic acids is 2. The van der Waals surface area contributed by atoms with Gasteiger partial charge in [-0.2, -0.15) is 13.2 Å². The standard InChI is InChI=1S/C16H18F4N2O2/c17-12-4-1-10(2-5-12)3-6-14(23)22-8-7-11(16(18,19)20)9-13(22)15(21)24/h1-2,4-5,11,13H,3,6-9H2,(H2,21,24). The van der Waals surface area contributed by atoms with E-state index >= 15 is 0 Å². The first kappa shape index (κ1) is 18.2. The highest BCUT2D eigenvalue weighted by Crippen LogP contribution is 2.36. The molecule has 0 spiro atoms. The number of rotatable bonds is 4. The van der Waals surface area contributed by atoms with Crippen molar-refractivity contribution in [2.24, 2.45) is 11.7 Å². The molecule has 4 nitrogen and oxygen atoms in total. The summed E-state index contributed by atoms with van der Waals surface area (Å²) < 4.78 is 51.3. The number of likely N-dealkylation sites (tertiary alicyclic amines) is 1. The summed E-state index contributed by atoms with van der Waals surface area (Å²) in [5.41, 5.74) is 5.91. The Morgan fingerprint density at radius 3 is 2.38 bits per heavy atom. The number of halogens is 4. The lowest BCUT2D eigenvalue weighted by atomic mass is 9.89. The van der Waals surface area contributed by atoms with E-state index in [1.807, 2.05) is 0 Å². The number of nitrogens with two attached hydrogens (primary N) is 1. The maximum Gasteiger partial charge on any atom is 0.391 e. The van der Waals surface area contributed by atoms with E-state index in [0.29, 0.717) is 6.42 Å². The monoisotopic (exact) mass is 346 g/mol. The fourth-order valence-electron chi connectivity index (χ4n) is 2.88. The zero-order chi connectivity index (χ0) is 17.9. The van der Waals surface area contributed by atoms with Crippen molar-refractivity contribution in [1.29, 1.82) is 0 Å². The smallest absolute Gasteiger partial charge is 0.368 e. The van der Waals surface area contributed by atoms with Crippen LogP contribution < -0.4 is 5.73 Å². The van der Waals surface area contributed by atoms with Crippen LogP contribution in [0.3, 0.4) is 0 Å². The highest BCUT2D eigenvalue weighted by molar-refractivity contribution is 5.87. The Bertz CT molecular complexity index is 601. The molecule has 0 aliphatic carbocycles. The fourth-order valence-corrected chi connectivity index (χ4v) is 2.88. The van der Waals surface area contributed by atoms with Gasteiger partial charge in [-0.25, -0.2) is 4.39 Å². The molecule has 2 atom stereocenters. The van der Waals surface area contributed by atoms with Crippen LogP contribution in [0.1, 0.15) is 24.8 Å². The molecule has 0 saturated carbocycles. The van der Waals surface area contributed by atoms with Crippen LogP contribution in [0.5, 0.6) is 0 Å². The third-order valence-electron chi connectivity index (χ3n) is 4.25. The molecule has 2 N–H and O–H groups in total. The number of piperidine rings is 1. The number of hydrogen-bond acceptors (Lipinski definition) is 2. The Hall–Kier alpha value is -2.12. The first-order valence-corrected chi connectivity index (χ1v) is 7.58. The van der Waals surface area contributed by atoms with Crippen molar-refractivity contribution >= 4 is 11.8 Å². The molecule has 2 rings (SSSR count). The van der Waals surface area contributed by atoms with Crippen molar-refractivity contribution in [1.82, 2.24) is 4.90 Å². The van der Waals surface area contributed by atoms with Gasteiger partial charge in [-0.15, -0.1) is 0 Å². The van der Waals surface area contributed by atoms with Crippen LogP contribution in [-0.2, 0) is 16.0 Å². The molecule has 2 amide bonds. The minimum absolute atomic E-state index is 0.0199. The molecule has 8 heteroatoms. The Morgan fingerprint density at radius 1 is 1.21 bits per heavy atom. The number of carbonyl (C=O) groups is 2. The van der Waals surface area contributed by atoms with E-state index in [0.717, 1.165) is 10.5 Å². The van der Waals surface area contributed by atoms with Gasteiger partial charge in [-0.05, 0) is 37.0 Å². The molecular formula is C16H18F4N2O2. The topological polar surface area (TPSA) is 63.4 Å². The molecule has 1 aromatic rings. The summed E-state index contributed by atoms with van der Waals surface area (Å²) in [6.45, 7) is -0.153. The SMILES string of the molecule is NC(=O)C1CC(C(F)(F)F)CCN1C(=O)CCc1ccc(F)cc1. The van der Waals surface area contributed by atoms with Crippen LogP contribution in [0.25, 0.3) is 0 Å². The van der Waals surface area contributed by atoms with Crippen LogP contribution in [0, 0.1) is 11.7 Å². The summed E-state index contributed by atoms with van der Waals surface area (Å²) in [5, 5.41) is 0. The second kappa shape index (κ2) is 7.19. The lowest BCUT2D eigenvalue weighted by Gasteiger charge is -2.38. The molecular weight excluding hydrogens is 328 g/mol. The van der Waals surface area contributed by atoms with Crippen LogP contribution >= 0.6 is 0 Å². The zero-order valence-corrected chi connectivity index (χ0v) is 12.9. The van der Waals surface area contributed by atoms with Gasteiger partial charge < -0.3 is 10.6 Å². The number of aryl methyl sites for hydroxylation is 1. The third-order valence-corrected chi connectivity index (χ3v) is 4.25. The average Bonchev–Trinajstić information content (AvgIpc) is 2.52. The third kappa shape index (κ3) is 4.46. The van der Waals surface area contributed by atoms with Crippen LogP contribution in [0.15, 0.2) is 24.3 Å². The van der Waals surface area contributed by atoms with E-state index in [1.165, 1.54) is 24.3 Å². The summed E-state index contributed by atoms with van der Waals surface area (Å²) in [4.78, 5) is 24.9. The molecule has 2 unspecified atom stereocenters. The predicted molar refractivity (Wildman–Crippen MR) is 78.2 cm³/mol. The summed E-state index contributed by atoms with van der Waals surface area (Å²) in [7, 11) is 0. The Kier molecular flexibility index (Phi) is 5.46. The Labute approximate surface area is 136 Å². The lowest BCUT2D eigenvalue weighted by molar-refractivity contribution is -0.191. The van der Waals surface area contributed by atoms with Crippen molar-refractivity contribution in [2.45, 2.75) is 37.9 Å². The molecule has 0 bridgehead atoms. The largest absolute Gasteiger partial charge is 0.391 e. The number of hydrogen-bond donors (Lipinski definition) is 1. The van der Waals surface area contributed by atoms with Crippen LogP contribution in [-0.4, -0.2) is 35.5 Å². The minimum atomic E-state index is -4.41. The summed E-state index contributed by atoms with van der Waals surface area (Å²) in [6, 6.07) is 4.35. The summed E-state index contributed by atoms with van der Waals surface area (Å²) in [6.07, 6.45) is -4.82. The van der Waals surface area contributed by atoms with E-state index in [4.69, 9.17) is 5.73 Å². The van der Waals surface area contributed by atoms with E-state index < -0.39 is 42.2 Å². The van der Waals surface area contributed by atoms with Gasteiger partial charge in [0.2, 0.25) is 11.8 Å². The molecule has 0 radical (unpaired) electrons. The van der Waals surface area contributed by atoms with Gasteiger partial charge in [0, 0.05) is 13.0 Å². The molecule has 132 valence electrons. The molecule has 1 aliphatic rings. The van der Waals surface area contributed by atoms with E-state index in [9.17, 15) is 27.2 Å². The van der Waals surface area contributed by atoms with Gasteiger partial charge in [0.1, 0.15) is 11.9 Å². The van der Waals surface area contributed by atoms with Gasteiger partial charge in [-0.3, -0.25) is 9.59 Å². The summed E-state index contributed by atoms with van der Waals surface area (Å²) in [5.74, 6) is -3.38. The van der Waals surface area contributed by atoms with Gasteiger partial charge in [0.05, 0.1) is 5.92 Å². The fraction of sp³-hybridized carbons (Fsp3) is 0.500. The molecule has 0 aromatic heterocycles. The Balaban J connectivity index is 1.99. The minimum Gasteiger partial charge on any atom is -0.368 e. The van der Waals surface area contributed by atoms with Crippen molar-refractivity contribution in [3.05, 3.63) is 35.6 Å². The van der Waals surface area contributed by atoms with Gasteiger partial charge in [0.25, 0.3) is 0 Å². The Morgan fingerprint density at radius 2 is 1.83 bits per heavy atom. The first-order valence-electron chi connectivity index (χ1n) is 7.58. The maximum absolute atomic E-state index is 12.8. The zero-order valence-electron chi connectivity index (χ0n) is 12.9. The number of alkyl halides is 3. The van der Waals surface area contributed by atoms with Gasteiger partial charge in [-0.1, -0.05) is 12.1 Å².